The Kier molecular flexibility index (Phi) is 3.23. The van der Waals surface area contributed by atoms with Crippen LogP contribution >= 0.6 is 11.6 Å². The Balaban J connectivity index is 2.22. The van der Waals surface area contributed by atoms with Crippen molar-refractivity contribution in [3.63, 3.8) is 0 Å². The molecule has 0 amide bonds. The van der Waals surface area contributed by atoms with Gasteiger partial charge < -0.3 is 5.11 Å². The van der Waals surface area contributed by atoms with E-state index in [0.29, 0.717) is 5.02 Å². The zero-order valence-electron chi connectivity index (χ0n) is 10.7. The number of benzene rings is 1. The summed E-state index contributed by atoms with van der Waals surface area (Å²) in [7, 11) is 0. The van der Waals surface area contributed by atoms with Gasteiger partial charge in [0.15, 0.2) is 5.69 Å². The number of alkyl halides is 5. The number of halogens is 6. The van der Waals surface area contributed by atoms with Gasteiger partial charge in [-0.05, 0) is 24.3 Å². The SMILES string of the molecule is O[C@H]1c2c(C(F)(F)F)nn(-c3ccc(Cl)cc3)c2CC1(F)F. The monoisotopic (exact) mass is 338 g/mol. The highest BCUT2D eigenvalue weighted by atomic mass is 35.5. The van der Waals surface area contributed by atoms with Crippen molar-refractivity contribution in [2.45, 2.75) is 24.6 Å². The van der Waals surface area contributed by atoms with Gasteiger partial charge in [-0.3, -0.25) is 0 Å². The molecular formula is C13H8ClF5N2O. The predicted molar refractivity (Wildman–Crippen MR) is 67.2 cm³/mol. The average Bonchev–Trinajstić information content (AvgIpc) is 2.86. The molecule has 0 radical (unpaired) electrons. The first kappa shape index (κ1) is 15.2. The third-order valence-electron chi connectivity index (χ3n) is 3.44. The van der Waals surface area contributed by atoms with E-state index in [1.807, 2.05) is 0 Å². The molecule has 1 atom stereocenters. The number of aliphatic hydroxyl groups excluding tert-OH is 1. The molecule has 0 saturated carbocycles. The Bertz CT molecular complexity index is 723. The molecule has 1 N–H and O–H groups in total. The van der Waals surface area contributed by atoms with E-state index in [4.69, 9.17) is 11.6 Å². The molecule has 0 fully saturated rings. The summed E-state index contributed by atoms with van der Waals surface area (Å²) in [5.41, 5.74) is -2.57. The van der Waals surface area contributed by atoms with Crippen LogP contribution < -0.4 is 0 Å². The molecule has 22 heavy (non-hydrogen) atoms. The van der Waals surface area contributed by atoms with Crippen LogP contribution in [0, 0.1) is 0 Å². The van der Waals surface area contributed by atoms with Crippen LogP contribution in [0.1, 0.15) is 23.1 Å². The van der Waals surface area contributed by atoms with Crippen LogP contribution in [0.25, 0.3) is 5.69 Å². The molecule has 0 saturated heterocycles. The molecule has 0 aliphatic heterocycles. The van der Waals surface area contributed by atoms with E-state index in [1.54, 1.807) is 0 Å². The van der Waals surface area contributed by atoms with Crippen molar-refractivity contribution in [3.05, 3.63) is 46.2 Å². The minimum atomic E-state index is -4.94. The maximum absolute atomic E-state index is 13.6. The van der Waals surface area contributed by atoms with Gasteiger partial charge in [-0.1, -0.05) is 11.6 Å². The number of hydrogen-bond acceptors (Lipinski definition) is 2. The van der Waals surface area contributed by atoms with Crippen molar-refractivity contribution in [1.82, 2.24) is 9.78 Å². The minimum Gasteiger partial charge on any atom is -0.382 e. The van der Waals surface area contributed by atoms with E-state index >= 15 is 0 Å². The summed E-state index contributed by atoms with van der Waals surface area (Å²) in [6.07, 6.45) is -8.49. The number of aliphatic hydroxyl groups is 1. The smallest absolute Gasteiger partial charge is 0.382 e. The standard InChI is InChI=1S/C13H8ClF5N2O/c14-6-1-3-7(4-2-6)21-8-5-12(15,16)11(22)9(8)10(20-21)13(17,18)19/h1-4,11,22H,5H2/t11-/m0/s1. The molecule has 0 bridgehead atoms. The lowest BCUT2D eigenvalue weighted by Crippen LogP contribution is -2.24. The van der Waals surface area contributed by atoms with Crippen LogP contribution in [0.2, 0.25) is 5.02 Å². The fraction of sp³-hybridized carbons (Fsp3) is 0.308. The van der Waals surface area contributed by atoms with Crippen molar-refractivity contribution in [2.75, 3.05) is 0 Å². The third-order valence-corrected chi connectivity index (χ3v) is 3.69. The number of aromatic nitrogens is 2. The molecule has 1 heterocycles. The molecule has 1 aromatic heterocycles. The molecule has 9 heteroatoms. The fourth-order valence-electron chi connectivity index (χ4n) is 2.46. The minimum absolute atomic E-state index is 0.154. The number of fused-ring (bicyclic) bond motifs is 1. The highest BCUT2D eigenvalue weighted by Crippen LogP contribution is 2.48. The van der Waals surface area contributed by atoms with E-state index in [9.17, 15) is 27.1 Å². The first-order chi connectivity index (χ1) is 10.1. The Labute approximate surface area is 125 Å². The van der Waals surface area contributed by atoms with E-state index in [0.717, 1.165) is 4.68 Å². The van der Waals surface area contributed by atoms with Gasteiger partial charge in [0.1, 0.15) is 6.10 Å². The summed E-state index contributed by atoms with van der Waals surface area (Å²) in [6, 6.07) is 5.53. The quantitative estimate of drug-likeness (QED) is 0.804. The zero-order chi connectivity index (χ0) is 16.3. The Morgan fingerprint density at radius 1 is 1.23 bits per heavy atom. The van der Waals surface area contributed by atoms with Crippen LogP contribution in [0.4, 0.5) is 22.0 Å². The summed E-state index contributed by atoms with van der Waals surface area (Å²) in [5.74, 6) is -3.66. The van der Waals surface area contributed by atoms with Gasteiger partial charge in [-0.15, -0.1) is 0 Å². The molecule has 1 aromatic carbocycles. The van der Waals surface area contributed by atoms with Crippen molar-refractivity contribution in [1.29, 1.82) is 0 Å². The van der Waals surface area contributed by atoms with E-state index in [-0.39, 0.29) is 11.4 Å². The van der Waals surface area contributed by atoms with E-state index < -0.39 is 35.9 Å². The maximum Gasteiger partial charge on any atom is 0.435 e. The lowest BCUT2D eigenvalue weighted by Gasteiger charge is -2.15. The first-order valence-electron chi connectivity index (χ1n) is 6.12. The molecule has 1 aliphatic carbocycles. The highest BCUT2D eigenvalue weighted by molar-refractivity contribution is 6.30. The molecule has 3 nitrogen and oxygen atoms in total. The zero-order valence-corrected chi connectivity index (χ0v) is 11.5. The third kappa shape index (κ3) is 2.26. The average molecular weight is 339 g/mol. The Morgan fingerprint density at radius 2 is 1.82 bits per heavy atom. The molecular weight excluding hydrogens is 331 g/mol. The summed E-state index contributed by atoms with van der Waals surface area (Å²) in [5, 5.41) is 13.2. The lowest BCUT2D eigenvalue weighted by atomic mass is 10.1. The lowest BCUT2D eigenvalue weighted by molar-refractivity contribution is -0.146. The predicted octanol–water partition coefficient (Wildman–Crippen LogP) is 3.77. The van der Waals surface area contributed by atoms with E-state index in [1.165, 1.54) is 24.3 Å². The van der Waals surface area contributed by atoms with Gasteiger partial charge in [0, 0.05) is 10.6 Å². The van der Waals surface area contributed by atoms with Crippen LogP contribution in [0.5, 0.6) is 0 Å². The second kappa shape index (κ2) is 4.66. The van der Waals surface area contributed by atoms with Gasteiger partial charge in [-0.2, -0.15) is 18.3 Å². The highest BCUT2D eigenvalue weighted by Gasteiger charge is 2.54. The molecule has 3 rings (SSSR count). The Hall–Kier alpha value is -1.67. The Morgan fingerprint density at radius 3 is 2.36 bits per heavy atom. The van der Waals surface area contributed by atoms with Gasteiger partial charge in [0.25, 0.3) is 5.92 Å². The second-order valence-electron chi connectivity index (χ2n) is 4.94. The second-order valence-corrected chi connectivity index (χ2v) is 5.37. The summed E-state index contributed by atoms with van der Waals surface area (Å²) in [4.78, 5) is 0. The summed E-state index contributed by atoms with van der Waals surface area (Å²) >= 11 is 5.69. The number of nitrogens with zero attached hydrogens (tertiary/aromatic N) is 2. The van der Waals surface area contributed by atoms with Crippen LogP contribution in [-0.4, -0.2) is 20.8 Å². The molecule has 1 aliphatic rings. The summed E-state index contributed by atoms with van der Waals surface area (Å²) in [6.45, 7) is 0. The number of rotatable bonds is 1. The normalized spacial score (nSPS) is 20.2. The van der Waals surface area contributed by atoms with Crippen LogP contribution in [0.15, 0.2) is 24.3 Å². The molecule has 0 unspecified atom stereocenters. The van der Waals surface area contributed by atoms with Gasteiger partial charge >= 0.3 is 6.18 Å². The van der Waals surface area contributed by atoms with Crippen LogP contribution in [-0.2, 0) is 12.6 Å². The summed E-state index contributed by atoms with van der Waals surface area (Å²) < 4.78 is 67.0. The van der Waals surface area contributed by atoms with Crippen molar-refractivity contribution in [3.8, 4) is 5.69 Å². The van der Waals surface area contributed by atoms with Gasteiger partial charge in [0.2, 0.25) is 0 Å². The van der Waals surface area contributed by atoms with Crippen molar-refractivity contribution >= 4 is 11.6 Å². The molecule has 0 spiro atoms. The fourth-order valence-corrected chi connectivity index (χ4v) is 2.58. The van der Waals surface area contributed by atoms with E-state index in [2.05, 4.69) is 5.10 Å². The van der Waals surface area contributed by atoms with Gasteiger partial charge in [-0.25, -0.2) is 13.5 Å². The number of hydrogen-bond donors (Lipinski definition) is 1. The largest absolute Gasteiger partial charge is 0.435 e. The van der Waals surface area contributed by atoms with Crippen molar-refractivity contribution < 1.29 is 27.1 Å². The maximum atomic E-state index is 13.6. The topological polar surface area (TPSA) is 38.1 Å². The molecule has 2 aromatic rings. The van der Waals surface area contributed by atoms with Crippen LogP contribution in [0.3, 0.4) is 0 Å². The van der Waals surface area contributed by atoms with Gasteiger partial charge in [0.05, 0.1) is 17.8 Å². The first-order valence-corrected chi connectivity index (χ1v) is 6.50. The van der Waals surface area contributed by atoms with Crippen molar-refractivity contribution in [2.24, 2.45) is 0 Å². The molecule has 118 valence electrons.